The van der Waals surface area contributed by atoms with Crippen LogP contribution in [-0.4, -0.2) is 20.8 Å². The monoisotopic (exact) mass is 345 g/mol. The van der Waals surface area contributed by atoms with Crippen LogP contribution in [0.15, 0.2) is 40.8 Å². The number of aromatic hydroxyl groups is 1. The molecule has 2 heterocycles. The number of phenols is 1. The minimum absolute atomic E-state index is 0.0781. The number of aryl methyl sites for hydroxylation is 1. The van der Waals surface area contributed by atoms with Gasteiger partial charge in [0.05, 0.1) is 23.0 Å². The molecule has 0 saturated heterocycles. The summed E-state index contributed by atoms with van der Waals surface area (Å²) in [5.41, 5.74) is 2.09. The minimum atomic E-state index is -0.391. The number of hydrogen-bond acceptors (Lipinski definition) is 4. The van der Waals surface area contributed by atoms with Gasteiger partial charge in [-0.1, -0.05) is 17.7 Å². The van der Waals surface area contributed by atoms with Gasteiger partial charge in [-0.25, -0.2) is 0 Å². The quantitative estimate of drug-likeness (QED) is 0.754. The first-order chi connectivity index (χ1) is 11.4. The summed E-state index contributed by atoms with van der Waals surface area (Å²) >= 11 is 6.12. The molecular formula is C17H16ClN3O3. The van der Waals surface area contributed by atoms with Crippen LogP contribution in [0.2, 0.25) is 5.02 Å². The number of amides is 1. The molecule has 0 aliphatic heterocycles. The van der Waals surface area contributed by atoms with Crippen molar-refractivity contribution in [2.24, 2.45) is 0 Å². The molecule has 3 aromatic rings. The SMILES string of the molecule is Cc1nn(Cc2ccc(C(=O)Nc3cccc(O)c3)o2)c(C)c1Cl. The van der Waals surface area contributed by atoms with Crippen LogP contribution in [0.1, 0.15) is 27.7 Å². The molecule has 0 saturated carbocycles. The van der Waals surface area contributed by atoms with Crippen molar-refractivity contribution in [2.45, 2.75) is 20.4 Å². The molecule has 24 heavy (non-hydrogen) atoms. The molecule has 0 bridgehead atoms. The number of carbonyl (C=O) groups excluding carboxylic acids is 1. The van der Waals surface area contributed by atoms with E-state index in [1.807, 2.05) is 13.8 Å². The van der Waals surface area contributed by atoms with Gasteiger partial charge in [0.1, 0.15) is 11.5 Å². The van der Waals surface area contributed by atoms with E-state index in [4.69, 9.17) is 16.0 Å². The summed E-state index contributed by atoms with van der Waals surface area (Å²) in [4.78, 5) is 12.2. The van der Waals surface area contributed by atoms with Gasteiger partial charge in [0.25, 0.3) is 5.91 Å². The van der Waals surface area contributed by atoms with Crippen molar-refractivity contribution in [2.75, 3.05) is 5.32 Å². The molecule has 1 aromatic carbocycles. The molecule has 7 heteroatoms. The molecule has 2 aromatic heterocycles. The number of phenolic OH excluding ortho intramolecular Hbond substituents is 1. The first kappa shape index (κ1) is 16.1. The number of halogens is 1. The Hall–Kier alpha value is -2.73. The van der Waals surface area contributed by atoms with Gasteiger partial charge in [0.2, 0.25) is 0 Å². The zero-order valence-corrected chi connectivity index (χ0v) is 14.0. The van der Waals surface area contributed by atoms with E-state index in [0.29, 0.717) is 23.0 Å². The van der Waals surface area contributed by atoms with Gasteiger partial charge in [-0.2, -0.15) is 5.10 Å². The van der Waals surface area contributed by atoms with Crippen molar-refractivity contribution >= 4 is 23.2 Å². The number of carbonyl (C=O) groups is 1. The second kappa shape index (κ2) is 6.41. The van der Waals surface area contributed by atoms with E-state index in [1.165, 1.54) is 12.1 Å². The van der Waals surface area contributed by atoms with Crippen molar-refractivity contribution in [3.63, 3.8) is 0 Å². The van der Waals surface area contributed by atoms with E-state index >= 15 is 0 Å². The topological polar surface area (TPSA) is 80.3 Å². The zero-order chi connectivity index (χ0) is 17.3. The number of benzene rings is 1. The van der Waals surface area contributed by atoms with Crippen LogP contribution in [0.25, 0.3) is 0 Å². The molecule has 0 atom stereocenters. The fourth-order valence-electron chi connectivity index (χ4n) is 2.34. The molecule has 2 N–H and O–H groups in total. The normalized spacial score (nSPS) is 10.8. The van der Waals surface area contributed by atoms with Crippen LogP contribution in [0.5, 0.6) is 5.75 Å². The van der Waals surface area contributed by atoms with Gasteiger partial charge >= 0.3 is 0 Å². The Kier molecular flexibility index (Phi) is 4.31. The van der Waals surface area contributed by atoms with E-state index in [1.54, 1.807) is 28.9 Å². The number of anilines is 1. The van der Waals surface area contributed by atoms with Crippen LogP contribution < -0.4 is 5.32 Å². The molecule has 0 aliphatic rings. The van der Waals surface area contributed by atoms with Gasteiger partial charge < -0.3 is 14.8 Å². The largest absolute Gasteiger partial charge is 0.508 e. The van der Waals surface area contributed by atoms with Crippen LogP contribution >= 0.6 is 11.6 Å². The molecule has 124 valence electrons. The molecule has 1 amide bonds. The Morgan fingerprint density at radius 1 is 1.33 bits per heavy atom. The van der Waals surface area contributed by atoms with Gasteiger partial charge in [-0.15, -0.1) is 0 Å². The van der Waals surface area contributed by atoms with Crippen LogP contribution in [0, 0.1) is 13.8 Å². The third-order valence-electron chi connectivity index (χ3n) is 3.59. The van der Waals surface area contributed by atoms with Crippen molar-refractivity contribution in [3.8, 4) is 5.75 Å². The summed E-state index contributed by atoms with van der Waals surface area (Å²) in [5.74, 6) is 0.465. The first-order valence-corrected chi connectivity index (χ1v) is 7.70. The van der Waals surface area contributed by atoms with E-state index in [2.05, 4.69) is 10.4 Å². The second-order valence-corrected chi connectivity index (χ2v) is 5.79. The Morgan fingerprint density at radius 2 is 2.12 bits per heavy atom. The molecule has 0 aliphatic carbocycles. The number of nitrogens with one attached hydrogen (secondary N) is 1. The number of hydrogen-bond donors (Lipinski definition) is 2. The Labute approximate surface area is 143 Å². The Morgan fingerprint density at radius 3 is 2.79 bits per heavy atom. The van der Waals surface area contributed by atoms with Crippen LogP contribution in [0.3, 0.4) is 0 Å². The average Bonchev–Trinajstić information content (AvgIpc) is 3.09. The summed E-state index contributed by atoms with van der Waals surface area (Å²) in [6.07, 6.45) is 0. The average molecular weight is 346 g/mol. The van der Waals surface area contributed by atoms with Gasteiger partial charge in [-0.05, 0) is 38.1 Å². The molecule has 0 radical (unpaired) electrons. The van der Waals surface area contributed by atoms with E-state index in [-0.39, 0.29) is 11.5 Å². The smallest absolute Gasteiger partial charge is 0.291 e. The van der Waals surface area contributed by atoms with Crippen LogP contribution in [0.4, 0.5) is 5.69 Å². The van der Waals surface area contributed by atoms with E-state index in [0.717, 1.165) is 11.4 Å². The summed E-state index contributed by atoms with van der Waals surface area (Å²) in [7, 11) is 0. The summed E-state index contributed by atoms with van der Waals surface area (Å²) < 4.78 is 7.31. The maximum atomic E-state index is 12.2. The van der Waals surface area contributed by atoms with E-state index < -0.39 is 5.91 Å². The van der Waals surface area contributed by atoms with Crippen molar-refractivity contribution in [3.05, 3.63) is 64.3 Å². The molecular weight excluding hydrogens is 330 g/mol. The highest BCUT2D eigenvalue weighted by Crippen LogP contribution is 2.21. The molecule has 0 spiro atoms. The van der Waals surface area contributed by atoms with Gasteiger partial charge in [-0.3, -0.25) is 9.48 Å². The highest BCUT2D eigenvalue weighted by atomic mass is 35.5. The van der Waals surface area contributed by atoms with Gasteiger partial charge in [0, 0.05) is 11.8 Å². The van der Waals surface area contributed by atoms with E-state index in [9.17, 15) is 9.90 Å². The molecule has 6 nitrogen and oxygen atoms in total. The lowest BCUT2D eigenvalue weighted by Gasteiger charge is -2.04. The van der Waals surface area contributed by atoms with Crippen molar-refractivity contribution in [1.82, 2.24) is 9.78 Å². The number of aromatic nitrogens is 2. The minimum Gasteiger partial charge on any atom is -0.508 e. The van der Waals surface area contributed by atoms with Crippen molar-refractivity contribution in [1.29, 1.82) is 0 Å². The Balaban J connectivity index is 1.73. The zero-order valence-electron chi connectivity index (χ0n) is 13.2. The summed E-state index contributed by atoms with van der Waals surface area (Å²) in [6, 6.07) is 9.63. The fraction of sp³-hybridized carbons (Fsp3) is 0.176. The predicted octanol–water partition coefficient (Wildman–Crippen LogP) is 3.75. The Bertz CT molecular complexity index is 898. The highest BCUT2D eigenvalue weighted by molar-refractivity contribution is 6.31. The summed E-state index contributed by atoms with van der Waals surface area (Å²) in [6.45, 7) is 4.10. The maximum Gasteiger partial charge on any atom is 0.291 e. The summed E-state index contributed by atoms with van der Waals surface area (Å²) in [5, 5.41) is 17.0. The predicted molar refractivity (Wildman–Crippen MR) is 90.6 cm³/mol. The number of furan rings is 1. The standard InChI is InChI=1S/C17H16ClN3O3/c1-10-16(18)11(2)21(20-10)9-14-6-7-15(24-14)17(23)19-12-4-3-5-13(22)8-12/h3-8,22H,9H2,1-2H3,(H,19,23). The lowest BCUT2D eigenvalue weighted by Crippen LogP contribution is -2.10. The highest BCUT2D eigenvalue weighted by Gasteiger charge is 2.14. The first-order valence-electron chi connectivity index (χ1n) is 7.32. The third-order valence-corrected chi connectivity index (χ3v) is 4.14. The molecule has 0 fully saturated rings. The lowest BCUT2D eigenvalue weighted by atomic mass is 10.3. The molecule has 3 rings (SSSR count). The van der Waals surface area contributed by atoms with Crippen LogP contribution in [-0.2, 0) is 6.54 Å². The lowest BCUT2D eigenvalue weighted by molar-refractivity contribution is 0.0994. The third kappa shape index (κ3) is 3.28. The maximum absolute atomic E-state index is 12.2. The number of nitrogens with zero attached hydrogens (tertiary/aromatic N) is 2. The number of rotatable bonds is 4. The molecule has 0 unspecified atom stereocenters. The van der Waals surface area contributed by atoms with Gasteiger partial charge in [0.15, 0.2) is 5.76 Å². The second-order valence-electron chi connectivity index (χ2n) is 5.41. The van der Waals surface area contributed by atoms with Crippen molar-refractivity contribution < 1.29 is 14.3 Å². The fourth-order valence-corrected chi connectivity index (χ4v) is 2.47.